The summed E-state index contributed by atoms with van der Waals surface area (Å²) in [6.45, 7) is 2.38. The van der Waals surface area contributed by atoms with Gasteiger partial charge in [0.1, 0.15) is 5.54 Å². The minimum Gasteiger partial charge on any atom is -0.342 e. The molecule has 1 aromatic rings. The molecule has 1 saturated heterocycles. The van der Waals surface area contributed by atoms with Crippen LogP contribution in [-0.4, -0.2) is 28.9 Å². The Hall–Kier alpha value is -1.91. The summed E-state index contributed by atoms with van der Waals surface area (Å²) in [7, 11) is 0. The normalized spacial score (nSPS) is 21.9. The molecule has 2 heterocycles. The zero-order valence-corrected chi connectivity index (χ0v) is 11.7. The number of aromatic nitrogens is 1. The second-order valence-electron chi connectivity index (χ2n) is 5.76. The lowest BCUT2D eigenvalue weighted by atomic mass is 9.95. The molecule has 5 heteroatoms. The van der Waals surface area contributed by atoms with Gasteiger partial charge in [0.2, 0.25) is 5.91 Å². The van der Waals surface area contributed by atoms with Gasteiger partial charge in [-0.2, -0.15) is 0 Å². The largest absolute Gasteiger partial charge is 0.342 e. The minimum absolute atomic E-state index is 0.0215. The summed E-state index contributed by atoms with van der Waals surface area (Å²) in [4.78, 5) is 30.7. The molecule has 3 rings (SSSR count). The Kier molecular flexibility index (Phi) is 3.20. The number of carbonyl (C=O) groups is 2. The van der Waals surface area contributed by atoms with Gasteiger partial charge in [0.15, 0.2) is 0 Å². The fraction of sp³-hybridized carbons (Fsp3) is 0.533. The van der Waals surface area contributed by atoms with Gasteiger partial charge in [0.25, 0.3) is 5.91 Å². The molecule has 2 amide bonds. The Bertz CT molecular complexity index is 550. The molecule has 1 N–H and O–H groups in total. The maximum atomic E-state index is 12.9. The smallest absolute Gasteiger partial charge is 0.252 e. The van der Waals surface area contributed by atoms with E-state index in [4.69, 9.17) is 0 Å². The molecule has 1 spiro atoms. The predicted octanol–water partition coefficient (Wildman–Crippen LogP) is 1.56. The van der Waals surface area contributed by atoms with Crippen LogP contribution < -0.4 is 10.2 Å². The van der Waals surface area contributed by atoms with Crippen LogP contribution in [0.5, 0.6) is 0 Å². The average molecular weight is 273 g/mol. The fourth-order valence-electron chi connectivity index (χ4n) is 3.21. The van der Waals surface area contributed by atoms with Crippen molar-refractivity contribution < 1.29 is 9.59 Å². The first-order chi connectivity index (χ1) is 9.61. The third kappa shape index (κ3) is 2.17. The van der Waals surface area contributed by atoms with Gasteiger partial charge in [0.05, 0.1) is 11.9 Å². The number of carbonyl (C=O) groups excluding carboxylic acids is 2. The van der Waals surface area contributed by atoms with E-state index in [-0.39, 0.29) is 11.8 Å². The van der Waals surface area contributed by atoms with Gasteiger partial charge in [-0.1, -0.05) is 12.8 Å². The maximum Gasteiger partial charge on any atom is 0.252 e. The van der Waals surface area contributed by atoms with Crippen LogP contribution in [0.1, 0.15) is 37.7 Å². The van der Waals surface area contributed by atoms with Crippen LogP contribution in [0.3, 0.4) is 0 Å². The Morgan fingerprint density at radius 1 is 1.25 bits per heavy atom. The van der Waals surface area contributed by atoms with Crippen molar-refractivity contribution in [2.24, 2.45) is 0 Å². The molecule has 1 aromatic heterocycles. The summed E-state index contributed by atoms with van der Waals surface area (Å²) >= 11 is 0. The van der Waals surface area contributed by atoms with E-state index < -0.39 is 5.54 Å². The quantitative estimate of drug-likeness (QED) is 0.844. The van der Waals surface area contributed by atoms with Crippen LogP contribution in [0, 0.1) is 6.92 Å². The standard InChI is InChI=1S/C15H19N3O2/c1-11-8-12(10-16-9-11)18-7-4-13(19)17-15(14(18)20)5-2-3-6-15/h8-10H,2-7H2,1H3,(H,17,19). The van der Waals surface area contributed by atoms with Gasteiger partial charge >= 0.3 is 0 Å². The number of rotatable bonds is 1. The number of anilines is 1. The van der Waals surface area contributed by atoms with E-state index in [2.05, 4.69) is 10.3 Å². The second kappa shape index (κ2) is 4.89. The highest BCUT2D eigenvalue weighted by molar-refractivity contribution is 6.04. The van der Waals surface area contributed by atoms with Crippen molar-refractivity contribution in [1.82, 2.24) is 10.3 Å². The number of aryl methyl sites for hydroxylation is 1. The van der Waals surface area contributed by atoms with Crippen LogP contribution in [0.2, 0.25) is 0 Å². The molecular formula is C15H19N3O2. The molecule has 0 unspecified atom stereocenters. The summed E-state index contributed by atoms with van der Waals surface area (Å²) < 4.78 is 0. The van der Waals surface area contributed by atoms with Crippen LogP contribution in [0.4, 0.5) is 5.69 Å². The Morgan fingerprint density at radius 2 is 2.00 bits per heavy atom. The van der Waals surface area contributed by atoms with E-state index in [0.717, 1.165) is 36.9 Å². The first-order valence-corrected chi connectivity index (χ1v) is 7.15. The first kappa shape index (κ1) is 13.1. The van der Waals surface area contributed by atoms with Crippen molar-refractivity contribution in [1.29, 1.82) is 0 Å². The number of hydrogen-bond acceptors (Lipinski definition) is 3. The van der Waals surface area contributed by atoms with Crippen LogP contribution in [-0.2, 0) is 9.59 Å². The third-order valence-corrected chi connectivity index (χ3v) is 4.23. The van der Waals surface area contributed by atoms with Gasteiger partial charge in [-0.05, 0) is 31.4 Å². The molecule has 106 valence electrons. The van der Waals surface area contributed by atoms with Gasteiger partial charge in [-0.25, -0.2) is 0 Å². The molecule has 1 saturated carbocycles. The lowest BCUT2D eigenvalue weighted by Crippen LogP contribution is -2.55. The molecule has 20 heavy (non-hydrogen) atoms. The van der Waals surface area contributed by atoms with E-state index in [0.29, 0.717) is 13.0 Å². The van der Waals surface area contributed by atoms with Crippen LogP contribution in [0.25, 0.3) is 0 Å². The van der Waals surface area contributed by atoms with Crippen molar-refractivity contribution in [2.75, 3.05) is 11.4 Å². The molecule has 2 fully saturated rings. The zero-order chi connectivity index (χ0) is 14.2. The van der Waals surface area contributed by atoms with E-state index in [1.807, 2.05) is 13.0 Å². The fourth-order valence-corrected chi connectivity index (χ4v) is 3.21. The summed E-state index contributed by atoms with van der Waals surface area (Å²) in [5, 5.41) is 2.97. The number of pyridine rings is 1. The molecule has 2 aliphatic rings. The Morgan fingerprint density at radius 3 is 2.70 bits per heavy atom. The van der Waals surface area contributed by atoms with E-state index in [9.17, 15) is 9.59 Å². The summed E-state index contributed by atoms with van der Waals surface area (Å²) in [5.74, 6) is -0.00314. The first-order valence-electron chi connectivity index (χ1n) is 7.15. The molecule has 1 aliphatic carbocycles. The lowest BCUT2D eigenvalue weighted by Gasteiger charge is -2.31. The molecule has 0 atom stereocenters. The zero-order valence-electron chi connectivity index (χ0n) is 11.7. The molecule has 0 radical (unpaired) electrons. The topological polar surface area (TPSA) is 62.3 Å². The third-order valence-electron chi connectivity index (χ3n) is 4.23. The van der Waals surface area contributed by atoms with Gasteiger partial charge < -0.3 is 10.2 Å². The molecule has 0 aromatic carbocycles. The van der Waals surface area contributed by atoms with Crippen molar-refractivity contribution in [2.45, 2.75) is 44.6 Å². The number of hydrogen-bond donors (Lipinski definition) is 1. The highest BCUT2D eigenvalue weighted by Gasteiger charge is 2.46. The van der Waals surface area contributed by atoms with Crippen molar-refractivity contribution in [3.05, 3.63) is 24.0 Å². The van der Waals surface area contributed by atoms with Crippen molar-refractivity contribution in [3.63, 3.8) is 0 Å². The van der Waals surface area contributed by atoms with Gasteiger partial charge in [0, 0.05) is 19.2 Å². The van der Waals surface area contributed by atoms with E-state index >= 15 is 0 Å². The number of nitrogens with one attached hydrogen (secondary N) is 1. The minimum atomic E-state index is -0.683. The maximum absolute atomic E-state index is 12.9. The molecular weight excluding hydrogens is 254 g/mol. The van der Waals surface area contributed by atoms with Crippen LogP contribution >= 0.6 is 0 Å². The van der Waals surface area contributed by atoms with E-state index in [1.165, 1.54) is 0 Å². The highest BCUT2D eigenvalue weighted by Crippen LogP contribution is 2.34. The number of nitrogens with zero attached hydrogens (tertiary/aromatic N) is 2. The monoisotopic (exact) mass is 273 g/mol. The molecule has 0 bridgehead atoms. The summed E-state index contributed by atoms with van der Waals surface area (Å²) in [6.07, 6.45) is 7.28. The van der Waals surface area contributed by atoms with E-state index in [1.54, 1.807) is 17.3 Å². The summed E-state index contributed by atoms with van der Waals surface area (Å²) in [6, 6.07) is 1.95. The van der Waals surface area contributed by atoms with Gasteiger partial charge in [-0.15, -0.1) is 0 Å². The Labute approximate surface area is 118 Å². The molecule has 5 nitrogen and oxygen atoms in total. The summed E-state index contributed by atoms with van der Waals surface area (Å²) in [5.41, 5.74) is 1.12. The van der Waals surface area contributed by atoms with Gasteiger partial charge in [-0.3, -0.25) is 14.6 Å². The van der Waals surface area contributed by atoms with Crippen molar-refractivity contribution >= 4 is 17.5 Å². The predicted molar refractivity (Wildman–Crippen MR) is 75.3 cm³/mol. The Balaban J connectivity index is 1.98. The average Bonchev–Trinajstić information content (AvgIpc) is 2.83. The van der Waals surface area contributed by atoms with Crippen molar-refractivity contribution in [3.8, 4) is 0 Å². The highest BCUT2D eigenvalue weighted by atomic mass is 16.2. The second-order valence-corrected chi connectivity index (χ2v) is 5.76. The molecule has 1 aliphatic heterocycles. The van der Waals surface area contributed by atoms with Crippen LogP contribution in [0.15, 0.2) is 18.5 Å². The lowest BCUT2D eigenvalue weighted by molar-refractivity contribution is -0.129. The SMILES string of the molecule is Cc1cncc(N2CCC(=O)NC3(CCCC3)C2=O)c1. The number of amides is 2.